The molecule has 0 saturated carbocycles. The molecule has 0 amide bonds. The van der Waals surface area contributed by atoms with Crippen LogP contribution in [0, 0.1) is 0 Å². The Hall–Kier alpha value is -0.420. The van der Waals surface area contributed by atoms with Crippen molar-refractivity contribution in [3.05, 3.63) is 21.9 Å². The molecule has 4 heteroatoms. The zero-order valence-corrected chi connectivity index (χ0v) is 14.2. The van der Waals surface area contributed by atoms with Crippen LogP contribution in [0.5, 0.6) is 0 Å². The first-order valence-electron chi connectivity index (χ1n) is 7.64. The van der Waals surface area contributed by atoms with Gasteiger partial charge in [-0.3, -0.25) is 4.90 Å². The normalized spacial score (nSPS) is 20.9. The highest BCUT2D eigenvalue weighted by atomic mass is 32.1. The van der Waals surface area contributed by atoms with E-state index in [0.717, 1.165) is 19.6 Å². The highest BCUT2D eigenvalue weighted by Gasteiger charge is 2.24. The molecule has 0 aliphatic carbocycles. The Kier molecular flexibility index (Phi) is 5.24. The average Bonchev–Trinajstić information content (AvgIpc) is 2.76. The smallest absolute Gasteiger partial charge is 0.0564 e. The summed E-state index contributed by atoms with van der Waals surface area (Å²) < 4.78 is 0. The second-order valence-corrected chi connectivity index (χ2v) is 8.01. The summed E-state index contributed by atoms with van der Waals surface area (Å²) >= 11 is 1.94. The summed E-state index contributed by atoms with van der Waals surface area (Å²) in [5.74, 6) is 0. The Balaban J connectivity index is 2.13. The van der Waals surface area contributed by atoms with Crippen molar-refractivity contribution in [2.24, 2.45) is 5.73 Å². The Morgan fingerprint density at radius 1 is 1.20 bits per heavy atom. The zero-order valence-electron chi connectivity index (χ0n) is 13.4. The van der Waals surface area contributed by atoms with Gasteiger partial charge in [-0.05, 0) is 37.6 Å². The quantitative estimate of drug-likeness (QED) is 0.930. The van der Waals surface area contributed by atoms with Crippen molar-refractivity contribution in [3.8, 4) is 0 Å². The second kappa shape index (κ2) is 6.56. The molecule has 114 valence electrons. The summed E-state index contributed by atoms with van der Waals surface area (Å²) in [6.45, 7) is 12.2. The third-order valence-electron chi connectivity index (χ3n) is 4.11. The molecule has 1 aromatic heterocycles. The molecule has 2 N–H and O–H groups in total. The van der Waals surface area contributed by atoms with Crippen LogP contribution in [-0.4, -0.2) is 49.6 Å². The minimum atomic E-state index is 0.237. The molecule has 3 nitrogen and oxygen atoms in total. The molecule has 1 saturated heterocycles. The standard InChI is InChI=1S/C16H29N3S/c1-16(2,3)15-7-6-14(20-15)13(12-17)19-9-5-8-18(4)10-11-19/h6-7,13H,5,8-12,17H2,1-4H3. The summed E-state index contributed by atoms with van der Waals surface area (Å²) in [5, 5.41) is 0. The molecule has 0 aromatic carbocycles. The minimum absolute atomic E-state index is 0.237. The van der Waals surface area contributed by atoms with Crippen LogP contribution in [0.15, 0.2) is 12.1 Å². The predicted octanol–water partition coefficient (Wildman–Crippen LogP) is 2.68. The molecule has 1 aliphatic rings. The van der Waals surface area contributed by atoms with E-state index in [-0.39, 0.29) is 5.41 Å². The first-order chi connectivity index (χ1) is 9.41. The summed E-state index contributed by atoms with van der Waals surface area (Å²) in [5.41, 5.74) is 6.33. The number of hydrogen-bond donors (Lipinski definition) is 1. The fourth-order valence-electron chi connectivity index (χ4n) is 2.76. The van der Waals surface area contributed by atoms with Gasteiger partial charge in [-0.25, -0.2) is 0 Å². The summed E-state index contributed by atoms with van der Waals surface area (Å²) in [6, 6.07) is 4.96. The van der Waals surface area contributed by atoms with Crippen LogP contribution in [0.2, 0.25) is 0 Å². The number of nitrogens with zero attached hydrogens (tertiary/aromatic N) is 2. The molecule has 20 heavy (non-hydrogen) atoms. The topological polar surface area (TPSA) is 32.5 Å². The van der Waals surface area contributed by atoms with E-state index in [1.165, 1.54) is 22.7 Å². The molecule has 1 aliphatic heterocycles. The van der Waals surface area contributed by atoms with Crippen molar-refractivity contribution in [2.45, 2.75) is 38.6 Å². The van der Waals surface area contributed by atoms with Crippen molar-refractivity contribution >= 4 is 11.3 Å². The van der Waals surface area contributed by atoms with Gasteiger partial charge in [-0.15, -0.1) is 11.3 Å². The van der Waals surface area contributed by atoms with Crippen molar-refractivity contribution in [1.82, 2.24) is 9.80 Å². The summed E-state index contributed by atoms with van der Waals surface area (Å²) in [7, 11) is 2.21. The molecule has 1 aromatic rings. The maximum atomic E-state index is 6.09. The monoisotopic (exact) mass is 295 g/mol. The van der Waals surface area contributed by atoms with Crippen LogP contribution in [0.1, 0.15) is 43.0 Å². The number of hydrogen-bond acceptors (Lipinski definition) is 4. The Morgan fingerprint density at radius 3 is 2.55 bits per heavy atom. The number of likely N-dealkylation sites (N-methyl/N-ethyl adjacent to an activating group) is 1. The van der Waals surface area contributed by atoms with E-state index in [1.54, 1.807) is 0 Å². The van der Waals surface area contributed by atoms with E-state index in [2.05, 4.69) is 49.8 Å². The van der Waals surface area contributed by atoms with Gasteiger partial charge in [0.15, 0.2) is 0 Å². The fraction of sp³-hybridized carbons (Fsp3) is 0.750. The molecular formula is C16H29N3S. The number of thiophene rings is 1. The fourth-order valence-corrected chi connectivity index (χ4v) is 3.97. The Labute approximate surface area is 127 Å². The van der Waals surface area contributed by atoms with E-state index in [9.17, 15) is 0 Å². The van der Waals surface area contributed by atoms with Crippen LogP contribution < -0.4 is 5.73 Å². The van der Waals surface area contributed by atoms with E-state index < -0.39 is 0 Å². The second-order valence-electron chi connectivity index (χ2n) is 6.90. The first-order valence-corrected chi connectivity index (χ1v) is 8.46. The Morgan fingerprint density at radius 2 is 1.95 bits per heavy atom. The number of nitrogens with two attached hydrogens (primary N) is 1. The maximum absolute atomic E-state index is 6.09. The largest absolute Gasteiger partial charge is 0.329 e. The lowest BCUT2D eigenvalue weighted by molar-refractivity contribution is 0.211. The molecule has 0 bridgehead atoms. The maximum Gasteiger partial charge on any atom is 0.0564 e. The van der Waals surface area contributed by atoms with Crippen molar-refractivity contribution in [3.63, 3.8) is 0 Å². The van der Waals surface area contributed by atoms with Gasteiger partial charge in [0.1, 0.15) is 0 Å². The molecule has 2 heterocycles. The number of rotatable bonds is 3. The highest BCUT2D eigenvalue weighted by molar-refractivity contribution is 7.12. The molecule has 1 atom stereocenters. The van der Waals surface area contributed by atoms with E-state index in [1.807, 2.05) is 11.3 Å². The van der Waals surface area contributed by atoms with Gasteiger partial charge >= 0.3 is 0 Å². The third-order valence-corrected chi connectivity index (χ3v) is 5.72. The van der Waals surface area contributed by atoms with Gasteiger partial charge in [0.25, 0.3) is 0 Å². The zero-order chi connectivity index (χ0) is 14.8. The van der Waals surface area contributed by atoms with Crippen LogP contribution in [-0.2, 0) is 5.41 Å². The van der Waals surface area contributed by atoms with Crippen LogP contribution in [0.4, 0.5) is 0 Å². The lowest BCUT2D eigenvalue weighted by Crippen LogP contribution is -2.36. The lowest BCUT2D eigenvalue weighted by atomic mass is 9.95. The average molecular weight is 295 g/mol. The predicted molar refractivity (Wildman–Crippen MR) is 88.5 cm³/mol. The van der Waals surface area contributed by atoms with Crippen LogP contribution >= 0.6 is 11.3 Å². The first kappa shape index (κ1) is 16.0. The van der Waals surface area contributed by atoms with Gasteiger partial charge in [-0.1, -0.05) is 20.8 Å². The highest BCUT2D eigenvalue weighted by Crippen LogP contribution is 2.34. The van der Waals surface area contributed by atoms with E-state index >= 15 is 0 Å². The van der Waals surface area contributed by atoms with Gasteiger partial charge in [-0.2, -0.15) is 0 Å². The lowest BCUT2D eigenvalue weighted by Gasteiger charge is -2.29. The van der Waals surface area contributed by atoms with Gasteiger partial charge in [0.2, 0.25) is 0 Å². The summed E-state index contributed by atoms with van der Waals surface area (Å²) in [6.07, 6.45) is 1.24. The van der Waals surface area contributed by atoms with Gasteiger partial charge in [0, 0.05) is 35.9 Å². The molecule has 2 rings (SSSR count). The van der Waals surface area contributed by atoms with Gasteiger partial charge < -0.3 is 10.6 Å². The van der Waals surface area contributed by atoms with Crippen molar-refractivity contribution in [2.75, 3.05) is 39.8 Å². The minimum Gasteiger partial charge on any atom is -0.329 e. The molecule has 1 fully saturated rings. The molecule has 1 unspecified atom stereocenters. The van der Waals surface area contributed by atoms with E-state index in [0.29, 0.717) is 12.6 Å². The van der Waals surface area contributed by atoms with Crippen molar-refractivity contribution in [1.29, 1.82) is 0 Å². The Bertz CT molecular complexity index is 422. The molecule has 0 spiro atoms. The van der Waals surface area contributed by atoms with Crippen molar-refractivity contribution < 1.29 is 0 Å². The summed E-state index contributed by atoms with van der Waals surface area (Å²) in [4.78, 5) is 7.88. The third kappa shape index (κ3) is 3.82. The van der Waals surface area contributed by atoms with Crippen LogP contribution in [0.3, 0.4) is 0 Å². The van der Waals surface area contributed by atoms with Crippen LogP contribution in [0.25, 0.3) is 0 Å². The SMILES string of the molecule is CN1CCCN(C(CN)c2ccc(C(C)(C)C)s2)CC1. The molecule has 0 radical (unpaired) electrons. The van der Waals surface area contributed by atoms with Gasteiger partial charge in [0.05, 0.1) is 6.04 Å². The van der Waals surface area contributed by atoms with E-state index in [4.69, 9.17) is 5.73 Å². The molecular weight excluding hydrogens is 266 g/mol.